The summed E-state index contributed by atoms with van der Waals surface area (Å²) in [6.07, 6.45) is 5.72. The maximum absolute atomic E-state index is 10.6. The average molecular weight is 365 g/mol. The number of ether oxygens (including phenoxy) is 1. The predicted molar refractivity (Wildman–Crippen MR) is 91.7 cm³/mol. The highest BCUT2D eigenvalue weighted by molar-refractivity contribution is 9.09. The van der Waals surface area contributed by atoms with Gasteiger partial charge in [-0.1, -0.05) is 28.9 Å². The molecule has 0 spiro atoms. The summed E-state index contributed by atoms with van der Waals surface area (Å²) in [6, 6.07) is 6.65. The summed E-state index contributed by atoms with van der Waals surface area (Å²) in [6.45, 7) is 2.32. The van der Waals surface area contributed by atoms with Crippen LogP contribution in [0, 0.1) is 17.3 Å². The summed E-state index contributed by atoms with van der Waals surface area (Å²) < 4.78 is 5.39. The van der Waals surface area contributed by atoms with E-state index in [0.29, 0.717) is 11.8 Å². The molecule has 120 valence electrons. The molecule has 1 N–H and O–H groups in total. The van der Waals surface area contributed by atoms with Crippen LogP contribution in [0.3, 0.4) is 0 Å². The maximum atomic E-state index is 10.6. The largest absolute Gasteiger partial charge is 0.497 e. The summed E-state index contributed by atoms with van der Waals surface area (Å²) in [5.41, 5.74) is 3.14. The molecule has 0 unspecified atom stereocenters. The minimum absolute atomic E-state index is 0.110. The van der Waals surface area contributed by atoms with Crippen LogP contribution in [0.15, 0.2) is 18.2 Å². The zero-order valence-electron chi connectivity index (χ0n) is 13.4. The van der Waals surface area contributed by atoms with E-state index in [4.69, 9.17) is 4.74 Å². The Hall–Kier alpha value is -0.540. The van der Waals surface area contributed by atoms with Crippen molar-refractivity contribution in [3.63, 3.8) is 0 Å². The molecule has 0 aromatic heterocycles. The number of aryl methyl sites for hydroxylation is 1. The van der Waals surface area contributed by atoms with Gasteiger partial charge >= 0.3 is 0 Å². The predicted octanol–water partition coefficient (Wildman–Crippen LogP) is 4.29. The molecule has 2 saturated carbocycles. The van der Waals surface area contributed by atoms with Gasteiger partial charge in [0.15, 0.2) is 0 Å². The van der Waals surface area contributed by atoms with Gasteiger partial charge in [0, 0.05) is 4.83 Å². The van der Waals surface area contributed by atoms with E-state index in [1.54, 1.807) is 12.7 Å². The first-order chi connectivity index (χ1) is 10.5. The van der Waals surface area contributed by atoms with Gasteiger partial charge in [-0.15, -0.1) is 0 Å². The van der Waals surface area contributed by atoms with E-state index in [1.165, 1.54) is 18.4 Å². The van der Waals surface area contributed by atoms with Crippen LogP contribution in [0.25, 0.3) is 0 Å². The first-order valence-corrected chi connectivity index (χ1v) is 9.45. The third-order valence-electron chi connectivity index (χ3n) is 6.87. The van der Waals surface area contributed by atoms with E-state index < -0.39 is 0 Å². The van der Waals surface area contributed by atoms with Gasteiger partial charge in [0.2, 0.25) is 0 Å². The van der Waals surface area contributed by atoms with E-state index in [9.17, 15) is 5.11 Å². The summed E-state index contributed by atoms with van der Waals surface area (Å²) in [4.78, 5) is 0.276. The first kappa shape index (κ1) is 15.0. The Bertz CT molecular complexity index is 587. The Balaban J connectivity index is 1.69. The number of rotatable bonds is 1. The van der Waals surface area contributed by atoms with Crippen LogP contribution < -0.4 is 4.74 Å². The summed E-state index contributed by atoms with van der Waals surface area (Å²) >= 11 is 3.73. The van der Waals surface area contributed by atoms with E-state index in [2.05, 4.69) is 41.1 Å². The Morgan fingerprint density at radius 3 is 2.91 bits per heavy atom. The van der Waals surface area contributed by atoms with Crippen molar-refractivity contribution in [2.24, 2.45) is 17.3 Å². The second kappa shape index (κ2) is 5.24. The lowest BCUT2D eigenvalue weighted by atomic mass is 9.55. The summed E-state index contributed by atoms with van der Waals surface area (Å²) in [7, 11) is 1.75. The van der Waals surface area contributed by atoms with E-state index in [0.717, 1.165) is 30.9 Å². The summed E-state index contributed by atoms with van der Waals surface area (Å²) in [5, 5.41) is 10.6. The topological polar surface area (TPSA) is 29.5 Å². The molecule has 0 bridgehead atoms. The lowest BCUT2D eigenvalue weighted by molar-refractivity contribution is -0.0213. The van der Waals surface area contributed by atoms with Gasteiger partial charge in [-0.05, 0) is 78.5 Å². The highest BCUT2D eigenvalue weighted by Gasteiger charge is 2.57. The van der Waals surface area contributed by atoms with Crippen molar-refractivity contribution in [3.8, 4) is 5.75 Å². The molecular weight excluding hydrogens is 340 g/mol. The zero-order chi connectivity index (χ0) is 15.5. The third kappa shape index (κ3) is 2.01. The van der Waals surface area contributed by atoms with Gasteiger partial charge in [0.05, 0.1) is 13.2 Å². The van der Waals surface area contributed by atoms with Crippen molar-refractivity contribution in [2.45, 2.75) is 55.9 Å². The highest BCUT2D eigenvalue weighted by atomic mass is 79.9. The Kier molecular flexibility index (Phi) is 3.58. The number of halogens is 1. The maximum Gasteiger partial charge on any atom is 0.119 e. The zero-order valence-corrected chi connectivity index (χ0v) is 15.0. The third-order valence-corrected chi connectivity index (χ3v) is 7.74. The number of methoxy groups -OCH3 is 1. The fraction of sp³-hybridized carbons (Fsp3) is 0.684. The second-order valence-corrected chi connectivity index (χ2v) is 8.90. The summed E-state index contributed by atoms with van der Waals surface area (Å²) in [5.74, 6) is 3.05. The van der Waals surface area contributed by atoms with Crippen molar-refractivity contribution in [1.82, 2.24) is 0 Å². The Labute approximate surface area is 141 Å². The SMILES string of the molecule is COc1ccc2c(c1)CC[C@@H]1[C@@H]2CC[C@@]2(C)[C@H](O)[C@@H](Br)C[C@@H]12. The average Bonchev–Trinajstić information content (AvgIpc) is 2.77. The molecule has 4 rings (SSSR count). The minimum atomic E-state index is -0.185. The van der Waals surface area contributed by atoms with Gasteiger partial charge in [-0.3, -0.25) is 0 Å². The Morgan fingerprint density at radius 1 is 1.32 bits per heavy atom. The number of fused-ring (bicyclic) bond motifs is 5. The Morgan fingerprint density at radius 2 is 2.14 bits per heavy atom. The molecule has 3 aliphatic carbocycles. The van der Waals surface area contributed by atoms with E-state index in [-0.39, 0.29) is 16.3 Å². The van der Waals surface area contributed by atoms with Gasteiger partial charge < -0.3 is 9.84 Å². The van der Waals surface area contributed by atoms with Gasteiger partial charge in [0.25, 0.3) is 0 Å². The smallest absolute Gasteiger partial charge is 0.119 e. The monoisotopic (exact) mass is 364 g/mol. The first-order valence-electron chi connectivity index (χ1n) is 8.53. The molecule has 2 fully saturated rings. The van der Waals surface area contributed by atoms with Crippen LogP contribution in [-0.2, 0) is 6.42 Å². The number of aliphatic hydroxyl groups is 1. The van der Waals surface area contributed by atoms with Crippen LogP contribution >= 0.6 is 15.9 Å². The fourth-order valence-electron chi connectivity index (χ4n) is 5.63. The van der Waals surface area contributed by atoms with Gasteiger partial charge in [-0.2, -0.15) is 0 Å². The van der Waals surface area contributed by atoms with Crippen molar-refractivity contribution >= 4 is 15.9 Å². The van der Waals surface area contributed by atoms with Crippen molar-refractivity contribution in [1.29, 1.82) is 0 Å². The van der Waals surface area contributed by atoms with Crippen molar-refractivity contribution in [2.75, 3.05) is 7.11 Å². The number of alkyl halides is 1. The number of benzene rings is 1. The van der Waals surface area contributed by atoms with Crippen LogP contribution in [0.1, 0.15) is 49.7 Å². The molecule has 0 heterocycles. The molecule has 3 heteroatoms. The van der Waals surface area contributed by atoms with Gasteiger partial charge in [-0.25, -0.2) is 0 Å². The molecule has 2 nitrogen and oxygen atoms in total. The molecule has 0 saturated heterocycles. The fourth-order valence-corrected chi connectivity index (χ4v) is 6.64. The molecule has 1 aromatic rings. The van der Waals surface area contributed by atoms with E-state index in [1.807, 2.05) is 0 Å². The molecular formula is C19H25BrO2. The lowest BCUT2D eigenvalue weighted by Crippen LogP contribution is -2.44. The van der Waals surface area contributed by atoms with Crippen LogP contribution in [0.4, 0.5) is 0 Å². The lowest BCUT2D eigenvalue weighted by Gasteiger charge is -2.50. The van der Waals surface area contributed by atoms with Crippen LogP contribution in [-0.4, -0.2) is 23.1 Å². The van der Waals surface area contributed by atoms with E-state index >= 15 is 0 Å². The van der Waals surface area contributed by atoms with Crippen molar-refractivity contribution < 1.29 is 9.84 Å². The molecule has 3 aliphatic rings. The molecule has 0 aliphatic heterocycles. The normalized spacial score (nSPS) is 43.2. The van der Waals surface area contributed by atoms with Gasteiger partial charge in [0.1, 0.15) is 5.75 Å². The van der Waals surface area contributed by atoms with Crippen molar-refractivity contribution in [3.05, 3.63) is 29.3 Å². The van der Waals surface area contributed by atoms with Crippen LogP contribution in [0.5, 0.6) is 5.75 Å². The van der Waals surface area contributed by atoms with Crippen LogP contribution in [0.2, 0.25) is 0 Å². The quantitative estimate of drug-likeness (QED) is 0.753. The highest BCUT2D eigenvalue weighted by Crippen LogP contribution is 2.61. The standard InChI is InChI=1S/C19H25BrO2/c1-19-8-7-14-13-6-4-12(22-2)9-11(13)3-5-15(14)16(19)10-17(20)18(19)21/h4,6,9,14-18,21H,3,5,7-8,10H2,1-2H3/t14-,15-,16+,17+,18-,19-/m1/s1. The molecule has 22 heavy (non-hydrogen) atoms. The number of hydrogen-bond acceptors (Lipinski definition) is 2. The number of aliphatic hydroxyl groups excluding tert-OH is 1. The molecule has 0 amide bonds. The molecule has 0 radical (unpaired) electrons. The molecule has 6 atom stereocenters. The number of hydrogen-bond donors (Lipinski definition) is 1. The second-order valence-electron chi connectivity index (χ2n) is 7.72. The minimum Gasteiger partial charge on any atom is -0.497 e. The molecule has 1 aromatic carbocycles.